The van der Waals surface area contributed by atoms with Crippen LogP contribution in [0.25, 0.3) is 5.69 Å². The van der Waals surface area contributed by atoms with Crippen LogP contribution in [0.3, 0.4) is 0 Å². The molecule has 3 aromatic rings. The van der Waals surface area contributed by atoms with Gasteiger partial charge in [-0.3, -0.25) is 14.4 Å². The van der Waals surface area contributed by atoms with E-state index >= 15 is 0 Å². The molecule has 0 fully saturated rings. The molecule has 7 nitrogen and oxygen atoms in total. The summed E-state index contributed by atoms with van der Waals surface area (Å²) >= 11 is 1.38. The third-order valence-electron chi connectivity index (χ3n) is 5.08. The van der Waals surface area contributed by atoms with E-state index in [1.807, 2.05) is 6.92 Å². The van der Waals surface area contributed by atoms with Crippen LogP contribution in [0.5, 0.6) is 0 Å². The van der Waals surface area contributed by atoms with Crippen LogP contribution in [0.4, 0.5) is 9.39 Å². The molecule has 0 saturated heterocycles. The molecule has 1 aliphatic rings. The Morgan fingerprint density at radius 1 is 1.13 bits per heavy atom. The van der Waals surface area contributed by atoms with Gasteiger partial charge in [-0.2, -0.15) is 5.10 Å². The fourth-order valence-electron chi connectivity index (χ4n) is 3.61. The zero-order valence-corrected chi connectivity index (χ0v) is 17.7. The first kappa shape index (κ1) is 20.9. The van der Waals surface area contributed by atoms with E-state index in [4.69, 9.17) is 0 Å². The van der Waals surface area contributed by atoms with Crippen molar-refractivity contribution < 1.29 is 14.0 Å². The number of carbonyl (C=O) groups excluding carboxylic acids is 2. The van der Waals surface area contributed by atoms with E-state index in [1.54, 1.807) is 0 Å². The molecule has 0 saturated carbocycles. The molecule has 0 atom stereocenters. The number of thiophene rings is 1. The Labute approximate surface area is 181 Å². The number of halogens is 1. The van der Waals surface area contributed by atoms with Crippen molar-refractivity contribution in [2.45, 2.75) is 32.6 Å². The Morgan fingerprint density at radius 2 is 1.87 bits per heavy atom. The fraction of sp³-hybridized carbons (Fsp3) is 0.273. The van der Waals surface area contributed by atoms with Gasteiger partial charge in [0, 0.05) is 23.7 Å². The summed E-state index contributed by atoms with van der Waals surface area (Å²) in [6, 6.07) is 6.76. The van der Waals surface area contributed by atoms with Gasteiger partial charge in [-0.25, -0.2) is 9.07 Å². The highest BCUT2D eigenvalue weighted by molar-refractivity contribution is 7.17. The minimum Gasteiger partial charge on any atom is -0.352 e. The molecule has 0 radical (unpaired) electrons. The van der Waals surface area contributed by atoms with E-state index in [2.05, 4.69) is 15.7 Å². The van der Waals surface area contributed by atoms with Crippen molar-refractivity contribution in [3.8, 4) is 5.69 Å². The number of aryl methyl sites for hydroxylation is 1. The summed E-state index contributed by atoms with van der Waals surface area (Å²) in [4.78, 5) is 39.1. The number of aromatic nitrogens is 2. The fourth-order valence-corrected chi connectivity index (χ4v) is 4.89. The number of carbonyl (C=O) groups is 2. The maximum absolute atomic E-state index is 13.2. The van der Waals surface area contributed by atoms with Gasteiger partial charge < -0.3 is 10.6 Å². The number of benzene rings is 1. The van der Waals surface area contributed by atoms with Crippen molar-refractivity contribution >= 4 is 28.2 Å². The molecule has 2 aromatic heterocycles. The van der Waals surface area contributed by atoms with Gasteiger partial charge in [0.25, 0.3) is 11.8 Å². The number of rotatable bonds is 5. The number of anilines is 1. The van der Waals surface area contributed by atoms with Gasteiger partial charge in [0.15, 0.2) is 5.69 Å². The summed E-state index contributed by atoms with van der Waals surface area (Å²) < 4.78 is 14.5. The molecule has 2 N–H and O–H groups in total. The minimum absolute atomic E-state index is 0.234. The van der Waals surface area contributed by atoms with Gasteiger partial charge in [-0.05, 0) is 62.4 Å². The van der Waals surface area contributed by atoms with Crippen LogP contribution in [-0.4, -0.2) is 28.1 Å². The standard InChI is InChI=1S/C22H21FN4O3S/c1-2-24-20(29)18-15-5-3-4-6-17(15)31-22(18)25-21(30)19-16(28)11-12-27(26-19)14-9-7-13(23)8-10-14/h7-12H,2-6H2,1H3,(H,24,29)(H,25,30). The summed E-state index contributed by atoms with van der Waals surface area (Å²) in [5.74, 6) is -1.32. The average molecular weight is 441 g/mol. The summed E-state index contributed by atoms with van der Waals surface area (Å²) in [7, 11) is 0. The highest BCUT2D eigenvalue weighted by Gasteiger charge is 2.27. The molecule has 0 aliphatic heterocycles. The van der Waals surface area contributed by atoms with Crippen LogP contribution >= 0.6 is 11.3 Å². The molecule has 31 heavy (non-hydrogen) atoms. The lowest BCUT2D eigenvalue weighted by Gasteiger charge is -2.13. The quantitative estimate of drug-likeness (QED) is 0.637. The van der Waals surface area contributed by atoms with Gasteiger partial charge in [-0.15, -0.1) is 11.3 Å². The van der Waals surface area contributed by atoms with Gasteiger partial charge in [-0.1, -0.05) is 0 Å². The van der Waals surface area contributed by atoms with Crippen molar-refractivity contribution in [3.63, 3.8) is 0 Å². The largest absolute Gasteiger partial charge is 0.352 e. The van der Waals surface area contributed by atoms with Gasteiger partial charge >= 0.3 is 0 Å². The van der Waals surface area contributed by atoms with E-state index in [1.165, 1.54) is 52.5 Å². The van der Waals surface area contributed by atoms with Crippen LogP contribution < -0.4 is 16.1 Å². The monoisotopic (exact) mass is 440 g/mol. The van der Waals surface area contributed by atoms with Gasteiger partial charge in [0.05, 0.1) is 11.3 Å². The molecule has 0 spiro atoms. The third kappa shape index (κ3) is 4.27. The van der Waals surface area contributed by atoms with E-state index in [-0.39, 0.29) is 11.6 Å². The summed E-state index contributed by atoms with van der Waals surface area (Å²) in [5.41, 5.74) is 1.11. The molecule has 1 aromatic carbocycles. The average Bonchev–Trinajstić information content (AvgIpc) is 3.12. The lowest BCUT2D eigenvalue weighted by atomic mass is 9.95. The Bertz CT molecular complexity index is 1200. The summed E-state index contributed by atoms with van der Waals surface area (Å²) in [6.07, 6.45) is 5.10. The second kappa shape index (κ2) is 8.81. The predicted molar refractivity (Wildman–Crippen MR) is 117 cm³/mol. The Hall–Kier alpha value is -3.33. The predicted octanol–water partition coefficient (Wildman–Crippen LogP) is 3.31. The van der Waals surface area contributed by atoms with Gasteiger partial charge in [0.2, 0.25) is 5.43 Å². The van der Waals surface area contributed by atoms with Crippen LogP contribution in [-0.2, 0) is 12.8 Å². The van der Waals surface area contributed by atoms with Crippen molar-refractivity contribution in [2.24, 2.45) is 0 Å². The number of hydrogen-bond acceptors (Lipinski definition) is 5. The molecular formula is C22H21FN4O3S. The first-order valence-electron chi connectivity index (χ1n) is 10.1. The second-order valence-electron chi connectivity index (χ2n) is 7.18. The third-order valence-corrected chi connectivity index (χ3v) is 6.28. The van der Waals surface area contributed by atoms with E-state index in [9.17, 15) is 18.8 Å². The zero-order valence-electron chi connectivity index (χ0n) is 16.9. The van der Waals surface area contributed by atoms with Crippen molar-refractivity contribution in [3.05, 3.63) is 74.3 Å². The van der Waals surface area contributed by atoms with Crippen LogP contribution in [0.2, 0.25) is 0 Å². The smallest absolute Gasteiger partial charge is 0.280 e. The SMILES string of the molecule is CCNC(=O)c1c(NC(=O)c2nn(-c3ccc(F)cc3)ccc2=O)sc2c1CCCC2. The van der Waals surface area contributed by atoms with Crippen LogP contribution in [0.15, 0.2) is 41.3 Å². The first-order valence-corrected chi connectivity index (χ1v) is 10.9. The maximum atomic E-state index is 13.2. The highest BCUT2D eigenvalue weighted by atomic mass is 32.1. The second-order valence-corrected chi connectivity index (χ2v) is 8.28. The van der Waals surface area contributed by atoms with Crippen molar-refractivity contribution in [1.29, 1.82) is 0 Å². The van der Waals surface area contributed by atoms with Gasteiger partial charge in [0.1, 0.15) is 10.8 Å². The van der Waals surface area contributed by atoms with Crippen molar-refractivity contribution in [1.82, 2.24) is 15.1 Å². The summed E-state index contributed by atoms with van der Waals surface area (Å²) in [6.45, 7) is 2.31. The number of nitrogens with zero attached hydrogens (tertiary/aromatic N) is 2. The Morgan fingerprint density at radius 3 is 2.61 bits per heavy atom. The number of nitrogens with one attached hydrogen (secondary N) is 2. The molecule has 0 bridgehead atoms. The Balaban J connectivity index is 1.68. The van der Waals surface area contributed by atoms with E-state index < -0.39 is 17.2 Å². The van der Waals surface area contributed by atoms with Crippen LogP contribution in [0, 0.1) is 5.82 Å². The lowest BCUT2D eigenvalue weighted by molar-refractivity contribution is 0.0956. The number of amides is 2. The topological polar surface area (TPSA) is 93.1 Å². The van der Waals surface area contributed by atoms with E-state index in [0.717, 1.165) is 36.1 Å². The van der Waals surface area contributed by atoms with Crippen LogP contribution in [0.1, 0.15) is 51.1 Å². The molecule has 1 aliphatic carbocycles. The number of hydrogen-bond donors (Lipinski definition) is 2. The molecular weight excluding hydrogens is 419 g/mol. The molecule has 2 amide bonds. The molecule has 0 unspecified atom stereocenters. The highest BCUT2D eigenvalue weighted by Crippen LogP contribution is 2.38. The lowest BCUT2D eigenvalue weighted by Crippen LogP contribution is -2.28. The molecule has 9 heteroatoms. The minimum atomic E-state index is -0.689. The van der Waals surface area contributed by atoms with E-state index in [0.29, 0.717) is 22.8 Å². The number of fused-ring (bicyclic) bond motifs is 1. The first-order chi connectivity index (χ1) is 15.0. The molecule has 4 rings (SSSR count). The summed E-state index contributed by atoms with van der Waals surface area (Å²) in [5, 5.41) is 10.1. The Kier molecular flexibility index (Phi) is 5.94. The normalized spacial score (nSPS) is 12.8. The molecule has 160 valence electrons. The maximum Gasteiger partial charge on any atom is 0.280 e. The molecule has 2 heterocycles. The zero-order chi connectivity index (χ0) is 22.0. The van der Waals surface area contributed by atoms with Crippen molar-refractivity contribution in [2.75, 3.05) is 11.9 Å².